The first-order valence-corrected chi connectivity index (χ1v) is 5.92. The summed E-state index contributed by atoms with van der Waals surface area (Å²) in [6.07, 6.45) is 1.51. The first kappa shape index (κ1) is 12.8. The second kappa shape index (κ2) is 5.74. The van der Waals surface area contributed by atoms with E-state index in [-0.39, 0.29) is 12.0 Å². The molecule has 0 fully saturated rings. The molecule has 2 atom stereocenters. The Morgan fingerprint density at radius 3 is 2.40 bits per heavy atom. The molecule has 0 bridgehead atoms. The van der Waals surface area contributed by atoms with Gasteiger partial charge in [0.2, 0.25) is 0 Å². The van der Waals surface area contributed by atoms with Gasteiger partial charge in [-0.2, -0.15) is 0 Å². The summed E-state index contributed by atoms with van der Waals surface area (Å²) in [5.41, 5.74) is 1.12. The average Bonchev–Trinajstić information content (AvgIpc) is 2.19. The van der Waals surface area contributed by atoms with Crippen molar-refractivity contribution in [1.29, 1.82) is 0 Å². The Labute approximate surface area is 101 Å². The van der Waals surface area contributed by atoms with E-state index < -0.39 is 0 Å². The normalized spacial score (nSPS) is 15.0. The van der Waals surface area contributed by atoms with Gasteiger partial charge in [-0.05, 0) is 37.0 Å². The van der Waals surface area contributed by atoms with Gasteiger partial charge >= 0.3 is 0 Å². The van der Waals surface area contributed by atoms with Gasteiger partial charge in [0.1, 0.15) is 0 Å². The van der Waals surface area contributed by atoms with Crippen LogP contribution in [0.4, 0.5) is 0 Å². The summed E-state index contributed by atoms with van der Waals surface area (Å²) in [7, 11) is 0. The minimum Gasteiger partial charge on any atom is -0.393 e. The lowest BCUT2D eigenvalue weighted by Gasteiger charge is -2.18. The van der Waals surface area contributed by atoms with Crippen LogP contribution in [0.25, 0.3) is 0 Å². The summed E-state index contributed by atoms with van der Waals surface area (Å²) >= 11 is 11.8. The Morgan fingerprint density at radius 1 is 1.27 bits per heavy atom. The highest BCUT2D eigenvalue weighted by Crippen LogP contribution is 2.25. The van der Waals surface area contributed by atoms with Crippen LogP contribution in [0.2, 0.25) is 10.0 Å². The van der Waals surface area contributed by atoms with Crippen molar-refractivity contribution in [3.8, 4) is 0 Å². The molecule has 2 unspecified atom stereocenters. The van der Waals surface area contributed by atoms with Gasteiger partial charge in [-0.15, -0.1) is 0 Å². The lowest BCUT2D eigenvalue weighted by Crippen LogP contribution is -2.18. The summed E-state index contributed by atoms with van der Waals surface area (Å²) in [6, 6.07) is 5.63. The maximum atomic E-state index is 9.54. The van der Waals surface area contributed by atoms with E-state index in [1.54, 1.807) is 6.07 Å². The van der Waals surface area contributed by atoms with Gasteiger partial charge in [0.05, 0.1) is 16.1 Å². The molecule has 1 rings (SSSR count). The number of benzene rings is 1. The van der Waals surface area contributed by atoms with Crippen molar-refractivity contribution >= 4 is 23.2 Å². The van der Waals surface area contributed by atoms with Crippen molar-refractivity contribution in [3.63, 3.8) is 0 Å². The highest BCUT2D eigenvalue weighted by Gasteiger charge is 2.13. The van der Waals surface area contributed by atoms with Gasteiger partial charge in [-0.3, -0.25) is 0 Å². The number of aliphatic hydroxyl groups is 1. The van der Waals surface area contributed by atoms with Gasteiger partial charge in [0, 0.05) is 0 Å². The smallest absolute Gasteiger partial charge is 0.0595 e. The molecule has 1 nitrogen and oxygen atoms in total. The molecule has 0 heterocycles. The number of hydrogen-bond acceptors (Lipinski definition) is 1. The Kier molecular flexibility index (Phi) is 4.91. The molecule has 0 aliphatic rings. The van der Waals surface area contributed by atoms with Crippen LogP contribution in [-0.2, 0) is 6.42 Å². The summed E-state index contributed by atoms with van der Waals surface area (Å²) in [4.78, 5) is 0. The zero-order chi connectivity index (χ0) is 11.4. The lowest BCUT2D eigenvalue weighted by atomic mass is 9.93. The zero-order valence-electron chi connectivity index (χ0n) is 9.00. The molecule has 0 amide bonds. The van der Waals surface area contributed by atoms with Gasteiger partial charge in [0.25, 0.3) is 0 Å². The fraction of sp³-hybridized carbons (Fsp3) is 0.500. The van der Waals surface area contributed by atoms with E-state index >= 15 is 0 Å². The van der Waals surface area contributed by atoms with Gasteiger partial charge in [0.15, 0.2) is 0 Å². The average molecular weight is 247 g/mol. The molecule has 1 aromatic carbocycles. The van der Waals surface area contributed by atoms with Gasteiger partial charge < -0.3 is 5.11 Å². The molecule has 0 saturated carbocycles. The van der Waals surface area contributed by atoms with Gasteiger partial charge in [-0.25, -0.2) is 0 Å². The second-order valence-corrected chi connectivity index (χ2v) is 4.68. The fourth-order valence-corrected chi connectivity index (χ4v) is 1.95. The maximum absolute atomic E-state index is 9.54. The van der Waals surface area contributed by atoms with Gasteiger partial charge in [-0.1, -0.05) is 42.6 Å². The highest BCUT2D eigenvalue weighted by atomic mass is 35.5. The van der Waals surface area contributed by atoms with E-state index in [1.807, 2.05) is 19.1 Å². The van der Waals surface area contributed by atoms with Crippen LogP contribution in [0.1, 0.15) is 25.8 Å². The third kappa shape index (κ3) is 3.67. The van der Waals surface area contributed by atoms with E-state index in [4.69, 9.17) is 23.2 Å². The quantitative estimate of drug-likeness (QED) is 0.854. The molecule has 3 heteroatoms. The molecule has 0 spiro atoms. The number of aliphatic hydroxyl groups excluding tert-OH is 1. The Hall–Kier alpha value is -0.240. The maximum Gasteiger partial charge on any atom is 0.0595 e. The van der Waals surface area contributed by atoms with E-state index in [9.17, 15) is 5.11 Å². The van der Waals surface area contributed by atoms with Crippen LogP contribution in [0.3, 0.4) is 0 Å². The van der Waals surface area contributed by atoms with E-state index in [1.165, 1.54) is 0 Å². The summed E-state index contributed by atoms with van der Waals surface area (Å²) in [6.45, 7) is 3.90. The van der Waals surface area contributed by atoms with Crippen LogP contribution < -0.4 is 0 Å². The summed E-state index contributed by atoms with van der Waals surface area (Å²) < 4.78 is 0. The van der Waals surface area contributed by atoms with Crippen molar-refractivity contribution in [1.82, 2.24) is 0 Å². The molecule has 0 aliphatic heterocycles. The third-order valence-corrected chi connectivity index (χ3v) is 3.43. The molecule has 1 N–H and O–H groups in total. The van der Waals surface area contributed by atoms with Crippen LogP contribution in [0, 0.1) is 5.92 Å². The fourth-order valence-electron chi connectivity index (χ4n) is 1.63. The zero-order valence-corrected chi connectivity index (χ0v) is 10.5. The first-order chi connectivity index (χ1) is 7.04. The first-order valence-electron chi connectivity index (χ1n) is 5.16. The molecule has 84 valence electrons. The van der Waals surface area contributed by atoms with Crippen molar-refractivity contribution in [3.05, 3.63) is 33.8 Å². The number of rotatable bonds is 4. The standard InChI is InChI=1S/C12H16Cl2O/c1-3-10(8(2)15)6-9-4-5-11(13)12(14)7-9/h4-5,7-8,10,15H,3,6H2,1-2H3. The third-order valence-electron chi connectivity index (χ3n) is 2.69. The molecular weight excluding hydrogens is 231 g/mol. The van der Waals surface area contributed by atoms with E-state index in [0.717, 1.165) is 18.4 Å². The number of halogens is 2. The van der Waals surface area contributed by atoms with Crippen LogP contribution >= 0.6 is 23.2 Å². The molecule has 0 saturated heterocycles. The molecule has 1 aromatic rings. The minimum atomic E-state index is -0.288. The van der Waals surface area contributed by atoms with E-state index in [2.05, 4.69) is 6.92 Å². The molecule has 0 aliphatic carbocycles. The van der Waals surface area contributed by atoms with Crippen LogP contribution in [0.15, 0.2) is 18.2 Å². The van der Waals surface area contributed by atoms with E-state index in [0.29, 0.717) is 10.0 Å². The van der Waals surface area contributed by atoms with Crippen molar-refractivity contribution in [2.45, 2.75) is 32.8 Å². The predicted molar refractivity (Wildman–Crippen MR) is 65.6 cm³/mol. The Morgan fingerprint density at radius 2 is 1.93 bits per heavy atom. The Balaban J connectivity index is 2.75. The van der Waals surface area contributed by atoms with Crippen molar-refractivity contribution in [2.75, 3.05) is 0 Å². The van der Waals surface area contributed by atoms with Crippen molar-refractivity contribution in [2.24, 2.45) is 5.92 Å². The molecule has 0 radical (unpaired) electrons. The minimum absolute atomic E-state index is 0.280. The molecular formula is C12H16Cl2O. The predicted octanol–water partition coefficient (Wildman–Crippen LogP) is 3.94. The number of hydrogen-bond donors (Lipinski definition) is 1. The lowest BCUT2D eigenvalue weighted by molar-refractivity contribution is 0.123. The van der Waals surface area contributed by atoms with Crippen LogP contribution in [-0.4, -0.2) is 11.2 Å². The monoisotopic (exact) mass is 246 g/mol. The molecule has 0 aromatic heterocycles. The highest BCUT2D eigenvalue weighted by molar-refractivity contribution is 6.42. The Bertz CT molecular complexity index is 323. The SMILES string of the molecule is CCC(Cc1ccc(Cl)c(Cl)c1)C(C)O. The van der Waals surface area contributed by atoms with Crippen molar-refractivity contribution < 1.29 is 5.11 Å². The summed E-state index contributed by atoms with van der Waals surface area (Å²) in [5, 5.41) is 10.7. The molecule has 15 heavy (non-hydrogen) atoms. The van der Waals surface area contributed by atoms with Crippen LogP contribution in [0.5, 0.6) is 0 Å². The topological polar surface area (TPSA) is 20.2 Å². The summed E-state index contributed by atoms with van der Waals surface area (Å²) in [5.74, 6) is 0.280. The second-order valence-electron chi connectivity index (χ2n) is 3.86. The largest absolute Gasteiger partial charge is 0.393 e.